The summed E-state index contributed by atoms with van der Waals surface area (Å²) in [6.07, 6.45) is 27.2. The van der Waals surface area contributed by atoms with Crippen molar-refractivity contribution in [2.75, 3.05) is 0 Å². The Balaban J connectivity index is 1.68. The monoisotopic (exact) mass is 336 g/mol. The average molecular weight is 337 g/mol. The van der Waals surface area contributed by atoms with Crippen LogP contribution in [0.15, 0.2) is 0 Å². The van der Waals surface area contributed by atoms with E-state index in [2.05, 4.69) is 6.92 Å². The summed E-state index contributed by atoms with van der Waals surface area (Å²) in [7, 11) is 0. The van der Waals surface area contributed by atoms with Gasteiger partial charge in [0, 0.05) is 12.3 Å². The van der Waals surface area contributed by atoms with E-state index in [9.17, 15) is 4.79 Å². The van der Waals surface area contributed by atoms with E-state index in [4.69, 9.17) is 0 Å². The normalized spacial score (nSPS) is 17.7. The highest BCUT2D eigenvalue weighted by Crippen LogP contribution is 2.26. The van der Waals surface area contributed by atoms with Crippen molar-refractivity contribution in [3.63, 3.8) is 0 Å². The molecule has 0 aliphatic heterocycles. The third-order valence-electron chi connectivity index (χ3n) is 5.84. The van der Waals surface area contributed by atoms with Crippen molar-refractivity contribution in [2.24, 2.45) is 5.92 Å². The summed E-state index contributed by atoms with van der Waals surface area (Å²) in [5.41, 5.74) is 0. The van der Waals surface area contributed by atoms with Crippen molar-refractivity contribution in [1.29, 1.82) is 0 Å². The van der Waals surface area contributed by atoms with Crippen LogP contribution in [0.5, 0.6) is 0 Å². The molecule has 142 valence electrons. The van der Waals surface area contributed by atoms with E-state index in [0.29, 0.717) is 11.7 Å². The summed E-state index contributed by atoms with van der Waals surface area (Å²) in [4.78, 5) is 11.6. The molecule has 0 saturated heterocycles. The summed E-state index contributed by atoms with van der Waals surface area (Å²) in [5, 5.41) is 0. The molecule has 0 radical (unpaired) electrons. The van der Waals surface area contributed by atoms with Crippen LogP contribution in [-0.2, 0) is 4.79 Å². The first kappa shape index (κ1) is 21.7. The number of carbonyl (C=O) groups is 1. The number of carbonyl (C=O) groups excluding carboxylic acids is 1. The molecule has 1 nitrogen and oxygen atoms in total. The Labute approximate surface area is 152 Å². The third-order valence-corrected chi connectivity index (χ3v) is 5.84. The van der Waals surface area contributed by atoms with Crippen LogP contribution in [0, 0.1) is 5.92 Å². The number of rotatable bonds is 17. The number of ketones is 1. The molecule has 1 atom stereocenters. The fraction of sp³-hybridized carbons (Fsp3) is 0.957. The maximum Gasteiger partial charge on any atom is 0.135 e. The van der Waals surface area contributed by atoms with Gasteiger partial charge in [-0.25, -0.2) is 0 Å². The Hall–Kier alpha value is -0.330. The molecular weight excluding hydrogens is 292 g/mol. The fourth-order valence-electron chi connectivity index (χ4n) is 4.13. The molecule has 0 spiro atoms. The second-order valence-corrected chi connectivity index (χ2v) is 8.15. The van der Waals surface area contributed by atoms with Gasteiger partial charge in [-0.3, -0.25) is 4.79 Å². The topological polar surface area (TPSA) is 17.1 Å². The third kappa shape index (κ3) is 12.1. The van der Waals surface area contributed by atoms with Gasteiger partial charge in [-0.05, 0) is 19.3 Å². The SMILES string of the molecule is CCCCCCCCCCCCCCCCCCC1CCCC1=O. The number of unbranched alkanes of at least 4 members (excludes halogenated alkanes) is 15. The zero-order valence-corrected chi connectivity index (χ0v) is 16.6. The van der Waals surface area contributed by atoms with Crippen molar-refractivity contribution in [3.8, 4) is 0 Å². The lowest BCUT2D eigenvalue weighted by atomic mass is 9.98. The molecule has 1 heteroatoms. The van der Waals surface area contributed by atoms with Crippen LogP contribution in [0.2, 0.25) is 0 Å². The molecule has 1 rings (SSSR count). The van der Waals surface area contributed by atoms with Gasteiger partial charge in [0.05, 0.1) is 0 Å². The molecule has 1 aliphatic rings. The van der Waals surface area contributed by atoms with Crippen LogP contribution in [0.3, 0.4) is 0 Å². The van der Waals surface area contributed by atoms with Gasteiger partial charge in [-0.2, -0.15) is 0 Å². The smallest absolute Gasteiger partial charge is 0.135 e. The molecule has 0 N–H and O–H groups in total. The summed E-state index contributed by atoms with van der Waals surface area (Å²) in [6.45, 7) is 2.29. The van der Waals surface area contributed by atoms with E-state index in [1.54, 1.807) is 0 Å². The van der Waals surface area contributed by atoms with E-state index in [1.807, 2.05) is 0 Å². The van der Waals surface area contributed by atoms with Gasteiger partial charge in [0.15, 0.2) is 0 Å². The minimum absolute atomic E-state index is 0.441. The van der Waals surface area contributed by atoms with Crippen LogP contribution >= 0.6 is 0 Å². The van der Waals surface area contributed by atoms with Crippen molar-refractivity contribution >= 4 is 5.78 Å². The van der Waals surface area contributed by atoms with Gasteiger partial charge in [-0.15, -0.1) is 0 Å². The first-order valence-corrected chi connectivity index (χ1v) is 11.4. The van der Waals surface area contributed by atoms with Crippen molar-refractivity contribution in [2.45, 2.75) is 135 Å². The van der Waals surface area contributed by atoms with Gasteiger partial charge in [0.1, 0.15) is 5.78 Å². The second-order valence-electron chi connectivity index (χ2n) is 8.15. The Kier molecular flexibility index (Phi) is 14.6. The predicted octanol–water partition coefficient (Wildman–Crippen LogP) is 8.01. The van der Waals surface area contributed by atoms with E-state index < -0.39 is 0 Å². The minimum atomic E-state index is 0.441. The average Bonchev–Trinajstić information content (AvgIpc) is 2.99. The molecular formula is C23H44O. The largest absolute Gasteiger partial charge is 0.299 e. The zero-order chi connectivity index (χ0) is 17.3. The molecule has 0 aromatic rings. The maximum absolute atomic E-state index is 11.6. The predicted molar refractivity (Wildman–Crippen MR) is 107 cm³/mol. The van der Waals surface area contributed by atoms with Crippen LogP contribution < -0.4 is 0 Å². The van der Waals surface area contributed by atoms with E-state index in [0.717, 1.165) is 12.8 Å². The molecule has 0 amide bonds. The summed E-state index contributed by atoms with van der Waals surface area (Å²) >= 11 is 0. The van der Waals surface area contributed by atoms with Crippen LogP contribution in [0.25, 0.3) is 0 Å². The highest BCUT2D eigenvalue weighted by molar-refractivity contribution is 5.82. The quantitative estimate of drug-likeness (QED) is 0.246. The molecule has 24 heavy (non-hydrogen) atoms. The Bertz CT molecular complexity index is 284. The van der Waals surface area contributed by atoms with Gasteiger partial charge < -0.3 is 0 Å². The van der Waals surface area contributed by atoms with Gasteiger partial charge >= 0.3 is 0 Å². The number of hydrogen-bond acceptors (Lipinski definition) is 1. The number of Topliss-reactive ketones (excluding diaryl/α,β-unsaturated/α-hetero) is 1. The fourth-order valence-corrected chi connectivity index (χ4v) is 4.13. The second kappa shape index (κ2) is 16.2. The molecule has 0 heterocycles. The Morgan fingerprint density at radius 3 is 1.46 bits per heavy atom. The summed E-state index contributed by atoms with van der Waals surface area (Å²) in [6, 6.07) is 0. The Morgan fingerprint density at radius 2 is 1.08 bits per heavy atom. The first-order valence-electron chi connectivity index (χ1n) is 11.4. The van der Waals surface area contributed by atoms with Crippen molar-refractivity contribution in [3.05, 3.63) is 0 Å². The number of hydrogen-bond donors (Lipinski definition) is 0. The van der Waals surface area contributed by atoms with Crippen molar-refractivity contribution < 1.29 is 4.79 Å². The van der Waals surface area contributed by atoms with Gasteiger partial charge in [-0.1, -0.05) is 110 Å². The molecule has 0 aromatic carbocycles. The van der Waals surface area contributed by atoms with Gasteiger partial charge in [0.25, 0.3) is 0 Å². The highest BCUT2D eigenvalue weighted by Gasteiger charge is 2.23. The molecule has 1 fully saturated rings. The molecule has 1 saturated carbocycles. The van der Waals surface area contributed by atoms with Gasteiger partial charge in [0.2, 0.25) is 0 Å². The van der Waals surface area contributed by atoms with Crippen LogP contribution in [0.1, 0.15) is 135 Å². The lowest BCUT2D eigenvalue weighted by molar-refractivity contribution is -0.120. The molecule has 1 unspecified atom stereocenters. The first-order chi connectivity index (χ1) is 11.8. The maximum atomic E-state index is 11.6. The zero-order valence-electron chi connectivity index (χ0n) is 16.6. The molecule has 1 aliphatic carbocycles. The molecule has 0 aromatic heterocycles. The Morgan fingerprint density at radius 1 is 0.667 bits per heavy atom. The summed E-state index contributed by atoms with van der Waals surface area (Å²) in [5.74, 6) is 0.993. The lowest BCUT2D eigenvalue weighted by Crippen LogP contribution is -2.05. The highest BCUT2D eigenvalue weighted by atomic mass is 16.1. The molecule has 0 bridgehead atoms. The summed E-state index contributed by atoms with van der Waals surface area (Å²) < 4.78 is 0. The van der Waals surface area contributed by atoms with E-state index in [1.165, 1.54) is 116 Å². The lowest BCUT2D eigenvalue weighted by Gasteiger charge is -2.07. The van der Waals surface area contributed by atoms with E-state index in [-0.39, 0.29) is 0 Å². The standard InChI is InChI=1S/C23H44O/c1-2-3-4-5-6-7-8-9-10-11-12-13-14-15-16-17-19-22-20-18-21-23(22)24/h22H,2-21H2,1H3. The van der Waals surface area contributed by atoms with Crippen LogP contribution in [-0.4, -0.2) is 5.78 Å². The van der Waals surface area contributed by atoms with E-state index >= 15 is 0 Å². The van der Waals surface area contributed by atoms with Crippen molar-refractivity contribution in [1.82, 2.24) is 0 Å². The van der Waals surface area contributed by atoms with Crippen LogP contribution in [0.4, 0.5) is 0 Å². The minimum Gasteiger partial charge on any atom is -0.299 e.